The third-order valence-corrected chi connectivity index (χ3v) is 2.63. The highest BCUT2D eigenvalue weighted by Crippen LogP contribution is 1.72. The summed E-state index contributed by atoms with van der Waals surface area (Å²) in [7, 11) is 0. The number of amides is 1. The van der Waals surface area contributed by atoms with Crippen LogP contribution in [0.15, 0.2) is 0 Å². The smallest absolute Gasteiger partial charge is 0.219 e. The van der Waals surface area contributed by atoms with Crippen LogP contribution in [-0.2, 0) is 4.79 Å². The first kappa shape index (κ1) is 18.3. The first-order valence-electron chi connectivity index (χ1n) is 7.40. The molecule has 0 aromatic rings. The molecule has 0 unspecified atom stereocenters. The lowest BCUT2D eigenvalue weighted by atomic mass is 10.4. The van der Waals surface area contributed by atoms with Gasteiger partial charge in [0.15, 0.2) is 0 Å². The predicted molar refractivity (Wildman–Crippen MR) is 80.5 cm³/mol. The van der Waals surface area contributed by atoms with Crippen molar-refractivity contribution in [2.45, 2.75) is 20.3 Å². The van der Waals surface area contributed by atoms with Gasteiger partial charge in [-0.3, -0.25) is 4.79 Å². The van der Waals surface area contributed by atoms with Crippen molar-refractivity contribution < 1.29 is 4.79 Å². The summed E-state index contributed by atoms with van der Waals surface area (Å²) in [5.74, 6) is 0.114. The van der Waals surface area contributed by atoms with Crippen LogP contribution < -0.4 is 26.6 Å². The van der Waals surface area contributed by atoms with E-state index in [1.165, 1.54) is 0 Å². The van der Waals surface area contributed by atoms with Crippen LogP contribution in [0.2, 0.25) is 0 Å². The molecule has 19 heavy (non-hydrogen) atoms. The molecule has 0 radical (unpaired) electrons. The van der Waals surface area contributed by atoms with Crippen molar-refractivity contribution in [3.8, 4) is 0 Å². The molecule has 0 aromatic heterocycles. The Morgan fingerprint density at radius 3 is 1.53 bits per heavy atom. The highest BCUT2D eigenvalue weighted by atomic mass is 16.1. The van der Waals surface area contributed by atoms with Crippen LogP contribution in [0, 0.1) is 0 Å². The molecule has 1 amide bonds. The van der Waals surface area contributed by atoms with Gasteiger partial charge in [-0.2, -0.15) is 0 Å². The Morgan fingerprint density at radius 1 is 0.684 bits per heavy atom. The van der Waals surface area contributed by atoms with Gasteiger partial charge < -0.3 is 26.6 Å². The van der Waals surface area contributed by atoms with Gasteiger partial charge in [0.2, 0.25) is 5.91 Å². The molecule has 0 aliphatic carbocycles. The minimum Gasteiger partial charge on any atom is -0.355 e. The van der Waals surface area contributed by atoms with E-state index >= 15 is 0 Å². The molecular weight excluding hydrogens is 242 g/mol. The molecule has 0 heterocycles. The average Bonchev–Trinajstić information content (AvgIpc) is 2.43. The molecule has 6 heteroatoms. The van der Waals surface area contributed by atoms with Crippen LogP contribution >= 0.6 is 0 Å². The molecule has 0 spiro atoms. The number of likely N-dealkylation sites (N-methyl/N-ethyl adjacent to an activating group) is 1. The quantitative estimate of drug-likeness (QED) is 0.260. The Morgan fingerprint density at radius 2 is 1.11 bits per heavy atom. The zero-order valence-corrected chi connectivity index (χ0v) is 12.5. The van der Waals surface area contributed by atoms with Gasteiger partial charge in [-0.1, -0.05) is 13.8 Å². The molecule has 6 nitrogen and oxygen atoms in total. The van der Waals surface area contributed by atoms with Crippen molar-refractivity contribution in [1.82, 2.24) is 26.6 Å². The summed E-state index contributed by atoms with van der Waals surface area (Å²) in [6, 6.07) is 0. The summed E-state index contributed by atoms with van der Waals surface area (Å²) in [5, 5.41) is 16.1. The van der Waals surface area contributed by atoms with Crippen molar-refractivity contribution in [1.29, 1.82) is 0 Å². The van der Waals surface area contributed by atoms with Crippen LogP contribution in [0.1, 0.15) is 20.3 Å². The van der Waals surface area contributed by atoms with Gasteiger partial charge >= 0.3 is 0 Å². The van der Waals surface area contributed by atoms with Gasteiger partial charge in [0, 0.05) is 58.8 Å². The maximum absolute atomic E-state index is 11.0. The number of rotatable bonds is 14. The molecular formula is C13H31N5O. The van der Waals surface area contributed by atoms with E-state index in [9.17, 15) is 4.79 Å². The van der Waals surface area contributed by atoms with Gasteiger partial charge in [0.1, 0.15) is 0 Å². The van der Waals surface area contributed by atoms with Crippen LogP contribution in [-0.4, -0.2) is 64.8 Å². The highest BCUT2D eigenvalue weighted by molar-refractivity contribution is 5.75. The molecule has 0 aliphatic rings. The second-order valence-electron chi connectivity index (χ2n) is 4.31. The molecule has 0 saturated carbocycles. The van der Waals surface area contributed by atoms with Crippen LogP contribution in [0.5, 0.6) is 0 Å². The SMILES string of the molecule is CCNCCNCCNCCNCCNC(=O)CC. The fraction of sp³-hybridized carbons (Fsp3) is 0.923. The molecule has 0 atom stereocenters. The van der Waals surface area contributed by atoms with Crippen LogP contribution in [0.3, 0.4) is 0 Å². The maximum Gasteiger partial charge on any atom is 0.219 e. The first-order valence-corrected chi connectivity index (χ1v) is 7.40. The number of hydrogen-bond acceptors (Lipinski definition) is 5. The molecule has 5 N–H and O–H groups in total. The Labute approximate surface area is 117 Å². The number of hydrogen-bond donors (Lipinski definition) is 5. The summed E-state index contributed by atoms with van der Waals surface area (Å²) >= 11 is 0. The van der Waals surface area contributed by atoms with E-state index in [0.29, 0.717) is 13.0 Å². The third-order valence-electron chi connectivity index (χ3n) is 2.63. The van der Waals surface area contributed by atoms with Crippen LogP contribution in [0.25, 0.3) is 0 Å². The summed E-state index contributed by atoms with van der Waals surface area (Å²) in [6.07, 6.45) is 0.558. The van der Waals surface area contributed by atoms with Gasteiger partial charge in [-0.05, 0) is 6.54 Å². The second-order valence-corrected chi connectivity index (χ2v) is 4.31. The molecule has 0 rings (SSSR count). The van der Waals surface area contributed by atoms with E-state index in [1.54, 1.807) is 0 Å². The summed E-state index contributed by atoms with van der Waals surface area (Å²) < 4.78 is 0. The molecule has 0 bridgehead atoms. The third kappa shape index (κ3) is 15.3. The van der Waals surface area contributed by atoms with Gasteiger partial charge in [0.25, 0.3) is 0 Å². The van der Waals surface area contributed by atoms with Crippen LogP contribution in [0.4, 0.5) is 0 Å². The zero-order chi connectivity index (χ0) is 14.2. The van der Waals surface area contributed by atoms with Gasteiger partial charge in [0.05, 0.1) is 0 Å². The summed E-state index contributed by atoms with van der Waals surface area (Å²) in [5.41, 5.74) is 0. The summed E-state index contributed by atoms with van der Waals surface area (Å²) in [6.45, 7) is 12.5. The lowest BCUT2D eigenvalue weighted by Crippen LogP contribution is -2.37. The molecule has 0 saturated heterocycles. The van der Waals surface area contributed by atoms with E-state index in [1.807, 2.05) is 6.92 Å². The van der Waals surface area contributed by atoms with E-state index in [2.05, 4.69) is 33.5 Å². The van der Waals surface area contributed by atoms with Crippen molar-refractivity contribution >= 4 is 5.91 Å². The predicted octanol–water partition coefficient (Wildman–Crippen LogP) is -1.11. The van der Waals surface area contributed by atoms with Gasteiger partial charge in [-0.25, -0.2) is 0 Å². The number of nitrogens with one attached hydrogen (secondary N) is 5. The Kier molecular flexibility index (Phi) is 14.8. The lowest BCUT2D eigenvalue weighted by molar-refractivity contribution is -0.120. The Bertz CT molecular complexity index is 201. The molecule has 0 fully saturated rings. The topological polar surface area (TPSA) is 77.2 Å². The van der Waals surface area contributed by atoms with E-state index in [4.69, 9.17) is 0 Å². The van der Waals surface area contributed by atoms with Gasteiger partial charge in [-0.15, -0.1) is 0 Å². The monoisotopic (exact) mass is 273 g/mol. The average molecular weight is 273 g/mol. The minimum absolute atomic E-state index is 0.114. The van der Waals surface area contributed by atoms with Crippen molar-refractivity contribution in [3.05, 3.63) is 0 Å². The van der Waals surface area contributed by atoms with E-state index in [-0.39, 0.29) is 5.91 Å². The fourth-order valence-corrected chi connectivity index (χ4v) is 1.50. The normalized spacial score (nSPS) is 10.6. The zero-order valence-electron chi connectivity index (χ0n) is 12.5. The first-order chi connectivity index (χ1) is 9.31. The number of carbonyl (C=O) groups is 1. The molecule has 114 valence electrons. The number of carbonyl (C=O) groups excluding carboxylic acids is 1. The highest BCUT2D eigenvalue weighted by Gasteiger charge is 1.94. The lowest BCUT2D eigenvalue weighted by Gasteiger charge is -2.08. The van der Waals surface area contributed by atoms with Crippen molar-refractivity contribution in [2.75, 3.05) is 58.9 Å². The fourth-order valence-electron chi connectivity index (χ4n) is 1.50. The summed E-state index contributed by atoms with van der Waals surface area (Å²) in [4.78, 5) is 11.0. The van der Waals surface area contributed by atoms with E-state index in [0.717, 1.165) is 52.4 Å². The minimum atomic E-state index is 0.114. The maximum atomic E-state index is 11.0. The molecule has 0 aromatic carbocycles. The Hall–Kier alpha value is -0.690. The second kappa shape index (κ2) is 15.4. The van der Waals surface area contributed by atoms with Crippen molar-refractivity contribution in [3.63, 3.8) is 0 Å². The standard InChI is InChI=1S/C13H31N5O/c1-3-13(19)18-12-11-17-10-9-16-8-7-15-6-5-14-4-2/h14-17H,3-12H2,1-2H3,(H,18,19). The molecule has 0 aliphatic heterocycles. The van der Waals surface area contributed by atoms with E-state index < -0.39 is 0 Å². The largest absolute Gasteiger partial charge is 0.355 e. The Balaban J connectivity index is 2.97. The van der Waals surface area contributed by atoms with Crippen molar-refractivity contribution in [2.24, 2.45) is 0 Å².